The molecule has 0 amide bonds. The lowest BCUT2D eigenvalue weighted by Gasteiger charge is -2.34. The zero-order valence-electron chi connectivity index (χ0n) is 17.0. The summed E-state index contributed by atoms with van der Waals surface area (Å²) in [6.07, 6.45) is 1.50. The predicted molar refractivity (Wildman–Crippen MR) is 121 cm³/mol. The quantitative estimate of drug-likeness (QED) is 0.442. The fourth-order valence-electron chi connectivity index (χ4n) is 3.77. The first kappa shape index (κ1) is 20.8. The minimum atomic E-state index is -3.57. The summed E-state index contributed by atoms with van der Waals surface area (Å²) in [5.41, 5.74) is 2.35. The van der Waals surface area contributed by atoms with Gasteiger partial charge in [-0.05, 0) is 29.8 Å². The summed E-state index contributed by atoms with van der Waals surface area (Å²) in [5, 5.41) is 9.08. The molecule has 5 rings (SSSR count). The summed E-state index contributed by atoms with van der Waals surface area (Å²) in [7, 11) is -3.57. The molecule has 9 nitrogen and oxygen atoms in total. The van der Waals surface area contributed by atoms with Gasteiger partial charge in [0.25, 0.3) is 0 Å². The maximum atomic E-state index is 12.9. The Morgan fingerprint density at radius 1 is 0.906 bits per heavy atom. The van der Waals surface area contributed by atoms with Crippen LogP contribution in [0.5, 0.6) is 0 Å². The zero-order chi connectivity index (χ0) is 22.1. The molecule has 1 aliphatic heterocycles. The highest BCUT2D eigenvalue weighted by atomic mass is 35.5. The number of hydrogen-bond donors (Lipinski definition) is 0. The monoisotopic (exact) mass is 469 g/mol. The zero-order valence-corrected chi connectivity index (χ0v) is 18.6. The molecule has 0 atom stereocenters. The van der Waals surface area contributed by atoms with Crippen LogP contribution in [0.1, 0.15) is 5.56 Å². The van der Waals surface area contributed by atoms with Gasteiger partial charge in [0.1, 0.15) is 6.33 Å². The highest BCUT2D eigenvalue weighted by Gasteiger charge is 2.30. The minimum absolute atomic E-state index is 0.239. The van der Waals surface area contributed by atoms with Crippen LogP contribution in [0, 0.1) is 0 Å². The molecule has 3 heterocycles. The number of sulfonamides is 1. The number of aromatic nitrogens is 5. The molecule has 0 radical (unpaired) electrons. The van der Waals surface area contributed by atoms with Gasteiger partial charge in [0, 0.05) is 31.2 Å². The molecule has 32 heavy (non-hydrogen) atoms. The third-order valence-corrected chi connectivity index (χ3v) is 7.61. The van der Waals surface area contributed by atoms with Crippen LogP contribution < -0.4 is 4.90 Å². The number of piperazine rings is 1. The van der Waals surface area contributed by atoms with Crippen molar-refractivity contribution in [1.82, 2.24) is 29.3 Å². The molecule has 1 fully saturated rings. The Morgan fingerprint density at radius 2 is 1.62 bits per heavy atom. The van der Waals surface area contributed by atoms with Crippen LogP contribution >= 0.6 is 11.6 Å². The van der Waals surface area contributed by atoms with Gasteiger partial charge in [-0.3, -0.25) is 0 Å². The molecule has 0 unspecified atom stereocenters. The van der Waals surface area contributed by atoms with Crippen LogP contribution in [0.15, 0.2) is 65.8 Å². The van der Waals surface area contributed by atoms with Gasteiger partial charge in [0.05, 0.1) is 11.4 Å². The van der Waals surface area contributed by atoms with Crippen molar-refractivity contribution in [1.29, 1.82) is 0 Å². The number of hydrogen-bond acceptors (Lipinski definition) is 7. The second-order valence-electron chi connectivity index (χ2n) is 7.45. The molecule has 0 bridgehead atoms. The lowest BCUT2D eigenvalue weighted by molar-refractivity contribution is 0.384. The van der Waals surface area contributed by atoms with Crippen molar-refractivity contribution >= 4 is 38.6 Å². The molecule has 0 N–H and O–H groups in total. The smallest absolute Gasteiger partial charge is 0.243 e. The van der Waals surface area contributed by atoms with Crippen LogP contribution in [-0.2, 0) is 16.6 Å². The van der Waals surface area contributed by atoms with Gasteiger partial charge in [-0.1, -0.05) is 47.1 Å². The minimum Gasteiger partial charge on any atom is -0.352 e. The molecule has 2 aromatic heterocycles. The maximum Gasteiger partial charge on any atom is 0.243 e. The molecule has 0 spiro atoms. The Labute approximate surface area is 190 Å². The third kappa shape index (κ3) is 3.92. The molecule has 11 heteroatoms. The van der Waals surface area contributed by atoms with Crippen LogP contribution in [0.25, 0.3) is 11.2 Å². The Morgan fingerprint density at radius 3 is 2.34 bits per heavy atom. The van der Waals surface area contributed by atoms with E-state index < -0.39 is 10.0 Å². The SMILES string of the molecule is O=S(=O)(c1ccc(Cl)cc1)N1CCN(c2ncnc3c2nnn3Cc2ccccc2)CC1. The van der Waals surface area contributed by atoms with Crippen molar-refractivity contribution in [2.75, 3.05) is 31.1 Å². The van der Waals surface area contributed by atoms with Crippen molar-refractivity contribution < 1.29 is 8.42 Å². The molecule has 4 aromatic rings. The van der Waals surface area contributed by atoms with Crippen LogP contribution in [0.3, 0.4) is 0 Å². The van der Waals surface area contributed by atoms with Crippen LogP contribution in [0.2, 0.25) is 5.02 Å². The van der Waals surface area contributed by atoms with E-state index in [1.54, 1.807) is 16.8 Å². The van der Waals surface area contributed by atoms with E-state index >= 15 is 0 Å². The summed E-state index contributed by atoms with van der Waals surface area (Å²) >= 11 is 5.89. The average Bonchev–Trinajstić information content (AvgIpc) is 3.23. The first-order valence-corrected chi connectivity index (χ1v) is 11.9. The number of anilines is 1. The van der Waals surface area contributed by atoms with Crippen LogP contribution in [0.4, 0.5) is 5.82 Å². The summed E-state index contributed by atoms with van der Waals surface area (Å²) in [6, 6.07) is 16.2. The van der Waals surface area contributed by atoms with E-state index in [0.717, 1.165) is 5.56 Å². The second kappa shape index (κ2) is 8.45. The van der Waals surface area contributed by atoms with Gasteiger partial charge in [0.15, 0.2) is 17.0 Å². The Hall–Kier alpha value is -3.08. The van der Waals surface area contributed by atoms with E-state index in [4.69, 9.17) is 11.6 Å². The van der Waals surface area contributed by atoms with E-state index in [0.29, 0.717) is 54.7 Å². The Balaban J connectivity index is 1.34. The Bertz CT molecular complexity index is 1340. The second-order valence-corrected chi connectivity index (χ2v) is 9.82. The molecular weight excluding hydrogens is 450 g/mol. The maximum absolute atomic E-state index is 12.9. The van der Waals surface area contributed by atoms with Gasteiger partial charge < -0.3 is 4.90 Å². The predicted octanol–water partition coefficient (Wildman–Crippen LogP) is 2.43. The summed E-state index contributed by atoms with van der Waals surface area (Å²) in [4.78, 5) is 11.1. The number of nitrogens with zero attached hydrogens (tertiary/aromatic N) is 7. The van der Waals surface area contributed by atoms with Crippen molar-refractivity contribution in [3.63, 3.8) is 0 Å². The third-order valence-electron chi connectivity index (χ3n) is 5.45. The van der Waals surface area contributed by atoms with Gasteiger partial charge in [-0.25, -0.2) is 23.1 Å². The van der Waals surface area contributed by atoms with Crippen molar-refractivity contribution in [3.8, 4) is 0 Å². The Kier molecular flexibility index (Phi) is 5.50. The highest BCUT2D eigenvalue weighted by molar-refractivity contribution is 7.89. The van der Waals surface area contributed by atoms with Crippen molar-refractivity contribution in [3.05, 3.63) is 71.5 Å². The van der Waals surface area contributed by atoms with E-state index in [2.05, 4.69) is 20.3 Å². The summed E-state index contributed by atoms with van der Waals surface area (Å²) < 4.78 is 29.1. The van der Waals surface area contributed by atoms with Crippen LogP contribution in [-0.4, -0.2) is 63.9 Å². The van der Waals surface area contributed by atoms with Gasteiger partial charge in [0.2, 0.25) is 10.0 Å². The highest BCUT2D eigenvalue weighted by Crippen LogP contribution is 2.25. The summed E-state index contributed by atoms with van der Waals surface area (Å²) in [6.45, 7) is 2.22. The topological polar surface area (TPSA) is 97.1 Å². The van der Waals surface area contributed by atoms with Gasteiger partial charge >= 0.3 is 0 Å². The number of halogens is 1. The first-order chi connectivity index (χ1) is 15.5. The molecule has 164 valence electrons. The van der Waals surface area contributed by atoms with E-state index in [-0.39, 0.29) is 4.90 Å². The first-order valence-electron chi connectivity index (χ1n) is 10.1. The number of benzene rings is 2. The average molecular weight is 470 g/mol. The van der Waals surface area contributed by atoms with Crippen molar-refractivity contribution in [2.45, 2.75) is 11.4 Å². The van der Waals surface area contributed by atoms with Gasteiger partial charge in [-0.2, -0.15) is 4.31 Å². The fraction of sp³-hybridized carbons (Fsp3) is 0.238. The standard InChI is InChI=1S/C21H20ClN7O2S/c22-17-6-8-18(9-7-17)32(30,31)28-12-10-27(11-13-28)20-19-21(24-15-23-20)29(26-25-19)14-16-4-2-1-3-5-16/h1-9,15H,10-14H2. The molecule has 0 saturated carbocycles. The van der Waals surface area contributed by atoms with E-state index in [9.17, 15) is 8.42 Å². The lowest BCUT2D eigenvalue weighted by Crippen LogP contribution is -2.49. The van der Waals surface area contributed by atoms with Crippen molar-refractivity contribution in [2.24, 2.45) is 0 Å². The van der Waals surface area contributed by atoms with E-state index in [1.807, 2.05) is 35.2 Å². The lowest BCUT2D eigenvalue weighted by atomic mass is 10.2. The number of rotatable bonds is 5. The number of fused-ring (bicyclic) bond motifs is 1. The normalized spacial score (nSPS) is 15.3. The summed E-state index contributed by atoms with van der Waals surface area (Å²) in [5.74, 6) is 0.665. The molecule has 2 aromatic carbocycles. The molecule has 1 aliphatic rings. The molecule has 0 aliphatic carbocycles. The largest absolute Gasteiger partial charge is 0.352 e. The molecular formula is C21H20ClN7O2S. The van der Waals surface area contributed by atoms with Gasteiger partial charge in [-0.15, -0.1) is 5.10 Å². The fourth-order valence-corrected chi connectivity index (χ4v) is 5.32. The molecule has 1 saturated heterocycles. The van der Waals surface area contributed by atoms with E-state index in [1.165, 1.54) is 22.8 Å².